The zero-order chi connectivity index (χ0) is 16.9. The third-order valence-electron chi connectivity index (χ3n) is 3.95. The normalized spacial score (nSPS) is 13.8. The monoisotopic (exact) mass is 318 g/mol. The maximum atomic E-state index is 12.3. The highest BCUT2D eigenvalue weighted by Gasteiger charge is 2.28. The van der Waals surface area contributed by atoms with Crippen LogP contribution in [0.1, 0.15) is 58.9 Å². The van der Waals surface area contributed by atoms with Gasteiger partial charge in [0.2, 0.25) is 0 Å². The lowest BCUT2D eigenvalue weighted by Gasteiger charge is -2.24. The molecule has 0 bridgehead atoms. The topological polar surface area (TPSA) is 41.6 Å². The molecule has 1 N–H and O–H groups in total. The molecule has 0 aliphatic carbocycles. The van der Waals surface area contributed by atoms with Crippen molar-refractivity contribution in [1.29, 1.82) is 0 Å². The molecule has 128 valence electrons. The average Bonchev–Trinajstić information content (AvgIpc) is 2.88. The lowest BCUT2D eigenvalue weighted by molar-refractivity contribution is 0.0584. The first-order valence-electron chi connectivity index (χ1n) is 8.78. The van der Waals surface area contributed by atoms with Crippen LogP contribution in [-0.4, -0.2) is 24.8 Å². The van der Waals surface area contributed by atoms with Crippen molar-refractivity contribution in [3.8, 4) is 0 Å². The van der Waals surface area contributed by atoms with E-state index in [0.29, 0.717) is 6.54 Å². The molecule has 0 saturated carbocycles. The van der Waals surface area contributed by atoms with Crippen LogP contribution in [0.2, 0.25) is 0 Å². The number of nitrogens with one attached hydrogen (secondary N) is 1. The van der Waals surface area contributed by atoms with E-state index in [2.05, 4.69) is 24.4 Å². The Labute approximate surface area is 140 Å². The number of fused-ring (bicyclic) bond motifs is 1. The SMILES string of the molecule is CCCCCCNc1ccc2c(c1)CCN2C(=O)OC(C)(C)C. The van der Waals surface area contributed by atoms with Crippen LogP contribution >= 0.6 is 0 Å². The van der Waals surface area contributed by atoms with Gasteiger partial charge in [-0.25, -0.2) is 4.79 Å². The fourth-order valence-corrected chi connectivity index (χ4v) is 2.80. The fraction of sp³-hybridized carbons (Fsp3) is 0.632. The van der Waals surface area contributed by atoms with Gasteiger partial charge < -0.3 is 10.1 Å². The zero-order valence-corrected chi connectivity index (χ0v) is 14.9. The highest BCUT2D eigenvalue weighted by Crippen LogP contribution is 2.31. The number of hydrogen-bond acceptors (Lipinski definition) is 3. The number of unbranched alkanes of at least 4 members (excludes halogenated alkanes) is 3. The number of ether oxygens (including phenoxy) is 1. The number of nitrogens with zero attached hydrogens (tertiary/aromatic N) is 1. The summed E-state index contributed by atoms with van der Waals surface area (Å²) < 4.78 is 5.48. The Morgan fingerprint density at radius 3 is 2.74 bits per heavy atom. The molecule has 0 aromatic heterocycles. The Morgan fingerprint density at radius 1 is 1.26 bits per heavy atom. The summed E-state index contributed by atoms with van der Waals surface area (Å²) in [6.45, 7) is 9.62. The van der Waals surface area contributed by atoms with E-state index in [1.54, 1.807) is 4.90 Å². The lowest BCUT2D eigenvalue weighted by Crippen LogP contribution is -2.35. The molecule has 1 aliphatic heterocycles. The minimum absolute atomic E-state index is 0.253. The minimum atomic E-state index is -0.459. The Balaban J connectivity index is 1.93. The molecular formula is C19H30N2O2. The molecule has 4 nitrogen and oxygen atoms in total. The van der Waals surface area contributed by atoms with Crippen molar-refractivity contribution in [3.05, 3.63) is 23.8 Å². The Hall–Kier alpha value is -1.71. The molecule has 2 rings (SSSR count). The van der Waals surface area contributed by atoms with E-state index in [4.69, 9.17) is 4.74 Å². The maximum absolute atomic E-state index is 12.3. The van der Waals surface area contributed by atoms with Crippen molar-refractivity contribution in [2.75, 3.05) is 23.3 Å². The van der Waals surface area contributed by atoms with Crippen LogP contribution in [0.25, 0.3) is 0 Å². The van der Waals surface area contributed by atoms with E-state index in [-0.39, 0.29) is 6.09 Å². The van der Waals surface area contributed by atoms with E-state index in [9.17, 15) is 4.79 Å². The quantitative estimate of drug-likeness (QED) is 0.752. The summed E-state index contributed by atoms with van der Waals surface area (Å²) in [6, 6.07) is 6.25. The van der Waals surface area contributed by atoms with Gasteiger partial charge in [-0.05, 0) is 57.4 Å². The number of rotatable bonds is 6. The summed E-state index contributed by atoms with van der Waals surface area (Å²) in [5, 5.41) is 3.48. The van der Waals surface area contributed by atoms with E-state index in [1.807, 2.05) is 26.8 Å². The number of amides is 1. The highest BCUT2D eigenvalue weighted by atomic mass is 16.6. The van der Waals surface area contributed by atoms with Gasteiger partial charge in [-0.1, -0.05) is 26.2 Å². The van der Waals surface area contributed by atoms with Gasteiger partial charge in [-0.3, -0.25) is 4.90 Å². The minimum Gasteiger partial charge on any atom is -0.443 e. The molecule has 1 amide bonds. The molecule has 0 radical (unpaired) electrons. The maximum Gasteiger partial charge on any atom is 0.414 e. The van der Waals surface area contributed by atoms with Crippen molar-refractivity contribution in [1.82, 2.24) is 0 Å². The van der Waals surface area contributed by atoms with Crippen LogP contribution in [0.15, 0.2) is 18.2 Å². The summed E-state index contributed by atoms with van der Waals surface area (Å²) in [5.41, 5.74) is 2.89. The number of hydrogen-bond donors (Lipinski definition) is 1. The first-order chi connectivity index (χ1) is 10.9. The second kappa shape index (κ2) is 7.71. The molecule has 0 saturated heterocycles. The first-order valence-corrected chi connectivity index (χ1v) is 8.78. The van der Waals surface area contributed by atoms with Crippen molar-refractivity contribution in [2.45, 2.75) is 65.4 Å². The number of carbonyl (C=O) groups is 1. The Kier molecular flexibility index (Phi) is 5.91. The fourth-order valence-electron chi connectivity index (χ4n) is 2.80. The van der Waals surface area contributed by atoms with Gasteiger partial charge in [0.1, 0.15) is 5.60 Å². The van der Waals surface area contributed by atoms with Gasteiger partial charge in [-0.2, -0.15) is 0 Å². The molecule has 23 heavy (non-hydrogen) atoms. The highest BCUT2D eigenvalue weighted by molar-refractivity contribution is 5.91. The second-order valence-corrected chi connectivity index (χ2v) is 7.21. The Bertz CT molecular complexity index is 535. The summed E-state index contributed by atoms with van der Waals surface area (Å²) in [5.74, 6) is 0. The molecule has 4 heteroatoms. The average molecular weight is 318 g/mol. The molecule has 0 fully saturated rings. The molecule has 1 aromatic carbocycles. The third kappa shape index (κ3) is 5.15. The summed E-state index contributed by atoms with van der Waals surface area (Å²) >= 11 is 0. The first kappa shape index (κ1) is 17.6. The molecule has 0 unspecified atom stereocenters. The summed E-state index contributed by atoms with van der Waals surface area (Å²) in [7, 11) is 0. The van der Waals surface area contributed by atoms with Crippen molar-refractivity contribution in [3.63, 3.8) is 0 Å². The molecule has 0 atom stereocenters. The van der Waals surface area contributed by atoms with Gasteiger partial charge in [-0.15, -0.1) is 0 Å². The van der Waals surface area contributed by atoms with Gasteiger partial charge in [0.15, 0.2) is 0 Å². The van der Waals surface area contributed by atoms with Gasteiger partial charge in [0.05, 0.1) is 5.69 Å². The zero-order valence-electron chi connectivity index (χ0n) is 14.9. The Morgan fingerprint density at radius 2 is 2.04 bits per heavy atom. The van der Waals surface area contributed by atoms with Crippen LogP contribution in [0.5, 0.6) is 0 Å². The number of carbonyl (C=O) groups excluding carboxylic acids is 1. The van der Waals surface area contributed by atoms with Crippen LogP contribution in [-0.2, 0) is 11.2 Å². The van der Waals surface area contributed by atoms with Crippen molar-refractivity contribution in [2.24, 2.45) is 0 Å². The standard InChI is InChI=1S/C19H30N2O2/c1-5-6-7-8-12-20-16-9-10-17-15(14-16)11-13-21(17)18(22)23-19(2,3)4/h9-10,14,20H,5-8,11-13H2,1-4H3. The molecule has 1 heterocycles. The second-order valence-electron chi connectivity index (χ2n) is 7.21. The number of benzene rings is 1. The smallest absolute Gasteiger partial charge is 0.414 e. The van der Waals surface area contributed by atoms with Gasteiger partial charge in [0, 0.05) is 18.8 Å². The summed E-state index contributed by atoms with van der Waals surface area (Å²) in [6.07, 6.45) is 5.68. The predicted octanol–water partition coefficient (Wildman–Crippen LogP) is 4.98. The van der Waals surface area contributed by atoms with E-state index in [0.717, 1.165) is 24.3 Å². The predicted molar refractivity (Wildman–Crippen MR) is 96.4 cm³/mol. The molecule has 1 aliphatic rings. The van der Waals surface area contributed by atoms with Crippen molar-refractivity contribution >= 4 is 17.5 Å². The lowest BCUT2D eigenvalue weighted by atomic mass is 10.1. The van der Waals surface area contributed by atoms with E-state index >= 15 is 0 Å². The van der Waals surface area contributed by atoms with Gasteiger partial charge in [0.25, 0.3) is 0 Å². The van der Waals surface area contributed by atoms with Crippen LogP contribution in [0.3, 0.4) is 0 Å². The largest absolute Gasteiger partial charge is 0.443 e. The number of anilines is 2. The van der Waals surface area contributed by atoms with E-state index < -0.39 is 5.60 Å². The van der Waals surface area contributed by atoms with Gasteiger partial charge >= 0.3 is 6.09 Å². The molecule has 1 aromatic rings. The third-order valence-corrected chi connectivity index (χ3v) is 3.95. The molecular weight excluding hydrogens is 288 g/mol. The van der Waals surface area contributed by atoms with Crippen molar-refractivity contribution < 1.29 is 9.53 Å². The van der Waals surface area contributed by atoms with E-state index in [1.165, 1.54) is 31.2 Å². The summed E-state index contributed by atoms with van der Waals surface area (Å²) in [4.78, 5) is 14.0. The molecule has 0 spiro atoms. The van der Waals surface area contributed by atoms with Crippen LogP contribution in [0.4, 0.5) is 16.2 Å². The van der Waals surface area contributed by atoms with Crippen LogP contribution < -0.4 is 10.2 Å². The van der Waals surface area contributed by atoms with Crippen LogP contribution in [0, 0.1) is 0 Å².